The van der Waals surface area contributed by atoms with Crippen LogP contribution in [0.5, 0.6) is 0 Å². The van der Waals surface area contributed by atoms with Crippen molar-refractivity contribution in [2.75, 3.05) is 0 Å². The van der Waals surface area contributed by atoms with Crippen molar-refractivity contribution in [3.05, 3.63) is 91.0 Å². The maximum absolute atomic E-state index is 2.44. The Kier molecular flexibility index (Phi) is 5.50. The Morgan fingerprint density at radius 2 is 0.714 bits per heavy atom. The number of hydrogen-bond donors (Lipinski definition) is 0. The molecule has 3 rings (SSSR count). The molecule has 0 nitrogen and oxygen atoms in total. The fourth-order valence-electron chi connectivity index (χ4n) is 2.81. The van der Waals surface area contributed by atoms with Crippen LogP contribution < -0.4 is 15.6 Å². The third kappa shape index (κ3) is 3.17. The van der Waals surface area contributed by atoms with Gasteiger partial charge in [0.05, 0.1) is 0 Å². The maximum atomic E-state index is 2.44. The Bertz CT molecular complexity index is 569. The van der Waals surface area contributed by atoms with Gasteiger partial charge in [-0.05, 0) is 15.6 Å². The minimum atomic E-state index is -1.88. The second-order valence-corrected chi connectivity index (χ2v) is 9.21. The van der Waals surface area contributed by atoms with Gasteiger partial charge in [0.1, 0.15) is 8.07 Å². The van der Waals surface area contributed by atoms with Gasteiger partial charge in [-0.15, -0.1) is 0 Å². The van der Waals surface area contributed by atoms with Crippen LogP contribution in [0.15, 0.2) is 91.0 Å². The SMILES string of the molecule is C[Si](c1ccccc1)(c1ccccc1)c1ccccc1.[Zr]. The first kappa shape index (κ1) is 16.1. The van der Waals surface area contributed by atoms with Crippen LogP contribution in [0.4, 0.5) is 0 Å². The van der Waals surface area contributed by atoms with Crippen molar-refractivity contribution in [1.29, 1.82) is 0 Å². The average Bonchev–Trinajstić information content (AvgIpc) is 2.56. The van der Waals surface area contributed by atoms with Crippen LogP contribution in [0.25, 0.3) is 0 Å². The van der Waals surface area contributed by atoms with Crippen molar-refractivity contribution >= 4 is 23.6 Å². The van der Waals surface area contributed by atoms with Crippen molar-refractivity contribution < 1.29 is 26.2 Å². The second-order valence-electron chi connectivity index (χ2n) is 5.22. The fourth-order valence-corrected chi connectivity index (χ4v) is 6.39. The smallest absolute Gasteiger partial charge is 0.0624 e. The largest absolute Gasteiger partial charge is 0.145 e. The van der Waals surface area contributed by atoms with Crippen molar-refractivity contribution in [3.63, 3.8) is 0 Å². The topological polar surface area (TPSA) is 0 Å². The Labute approximate surface area is 147 Å². The molecule has 0 bridgehead atoms. The molecule has 3 aromatic carbocycles. The van der Waals surface area contributed by atoms with E-state index in [4.69, 9.17) is 0 Å². The van der Waals surface area contributed by atoms with E-state index < -0.39 is 8.07 Å². The number of rotatable bonds is 3. The summed E-state index contributed by atoms with van der Waals surface area (Å²) < 4.78 is 0. The fraction of sp³-hybridized carbons (Fsp3) is 0.0526. The number of hydrogen-bond acceptors (Lipinski definition) is 0. The molecule has 0 N–H and O–H groups in total. The van der Waals surface area contributed by atoms with Gasteiger partial charge in [0.15, 0.2) is 0 Å². The van der Waals surface area contributed by atoms with Crippen LogP contribution in [0.2, 0.25) is 6.55 Å². The van der Waals surface area contributed by atoms with E-state index in [0.29, 0.717) is 0 Å². The summed E-state index contributed by atoms with van der Waals surface area (Å²) in [6, 6.07) is 32.8. The monoisotopic (exact) mass is 364 g/mol. The molecular formula is C19H18SiZr. The van der Waals surface area contributed by atoms with Crippen LogP contribution in [0.3, 0.4) is 0 Å². The van der Waals surface area contributed by atoms with E-state index in [0.717, 1.165) is 0 Å². The molecule has 0 radical (unpaired) electrons. The predicted molar refractivity (Wildman–Crippen MR) is 89.8 cm³/mol. The van der Waals surface area contributed by atoms with Gasteiger partial charge in [0.2, 0.25) is 0 Å². The molecule has 0 unspecified atom stereocenters. The minimum absolute atomic E-state index is 0. The van der Waals surface area contributed by atoms with E-state index in [9.17, 15) is 0 Å². The first-order valence-corrected chi connectivity index (χ1v) is 9.48. The van der Waals surface area contributed by atoms with E-state index in [2.05, 4.69) is 97.5 Å². The van der Waals surface area contributed by atoms with Crippen molar-refractivity contribution in [1.82, 2.24) is 0 Å². The summed E-state index contributed by atoms with van der Waals surface area (Å²) in [5, 5.41) is 4.37. The molecule has 0 heterocycles. The molecule has 0 aliphatic heterocycles. The molecule has 0 spiro atoms. The Morgan fingerprint density at radius 1 is 0.476 bits per heavy atom. The van der Waals surface area contributed by atoms with Crippen LogP contribution in [-0.2, 0) is 26.2 Å². The first-order valence-electron chi connectivity index (χ1n) is 6.98. The molecule has 21 heavy (non-hydrogen) atoms. The zero-order valence-electron chi connectivity index (χ0n) is 12.2. The molecule has 0 aliphatic carbocycles. The first-order chi connectivity index (χ1) is 9.82. The van der Waals surface area contributed by atoms with E-state index in [-0.39, 0.29) is 26.2 Å². The molecule has 2 heteroatoms. The molecule has 0 amide bonds. The van der Waals surface area contributed by atoms with E-state index in [1.807, 2.05) is 0 Å². The van der Waals surface area contributed by atoms with Gasteiger partial charge < -0.3 is 0 Å². The van der Waals surface area contributed by atoms with Gasteiger partial charge in [-0.25, -0.2) is 0 Å². The minimum Gasteiger partial charge on any atom is -0.0624 e. The zero-order chi connectivity index (χ0) is 13.8. The van der Waals surface area contributed by atoms with E-state index in [1.165, 1.54) is 15.6 Å². The molecule has 0 saturated carbocycles. The van der Waals surface area contributed by atoms with Gasteiger partial charge in [-0.3, -0.25) is 0 Å². The van der Waals surface area contributed by atoms with Crippen molar-refractivity contribution in [3.8, 4) is 0 Å². The Hall–Kier alpha value is -1.24. The Morgan fingerprint density at radius 3 is 0.952 bits per heavy atom. The van der Waals surface area contributed by atoms with Gasteiger partial charge in [0, 0.05) is 26.2 Å². The molecule has 0 saturated heterocycles. The molecule has 0 atom stereocenters. The molecule has 0 fully saturated rings. The van der Waals surface area contributed by atoms with Crippen LogP contribution in [0.1, 0.15) is 0 Å². The molecule has 0 aromatic heterocycles. The molecule has 0 aliphatic rings. The van der Waals surface area contributed by atoms with Crippen LogP contribution in [0, 0.1) is 0 Å². The standard InChI is InChI=1S/C19H18Si.Zr/c1-20(17-11-5-2-6-12-17,18-13-7-3-8-14-18)19-15-9-4-10-16-19;/h2-16H,1H3;. The van der Waals surface area contributed by atoms with Gasteiger partial charge >= 0.3 is 0 Å². The predicted octanol–water partition coefficient (Wildman–Crippen LogP) is 2.78. The third-order valence-corrected chi connectivity index (χ3v) is 8.52. The van der Waals surface area contributed by atoms with Crippen molar-refractivity contribution in [2.45, 2.75) is 6.55 Å². The van der Waals surface area contributed by atoms with E-state index in [1.54, 1.807) is 0 Å². The van der Waals surface area contributed by atoms with Gasteiger partial charge in [-0.1, -0.05) is 97.5 Å². The van der Waals surface area contributed by atoms with Crippen molar-refractivity contribution in [2.24, 2.45) is 0 Å². The summed E-state index contributed by atoms with van der Waals surface area (Å²) in [5.41, 5.74) is 0. The van der Waals surface area contributed by atoms with Gasteiger partial charge in [0.25, 0.3) is 0 Å². The summed E-state index contributed by atoms with van der Waals surface area (Å²) in [6.45, 7) is 2.44. The Balaban J connectivity index is 0.00000161. The zero-order valence-corrected chi connectivity index (χ0v) is 15.6. The summed E-state index contributed by atoms with van der Waals surface area (Å²) in [6.07, 6.45) is 0. The summed E-state index contributed by atoms with van der Waals surface area (Å²) in [5.74, 6) is 0. The molecule has 3 aromatic rings. The van der Waals surface area contributed by atoms with E-state index >= 15 is 0 Å². The summed E-state index contributed by atoms with van der Waals surface area (Å²) in [4.78, 5) is 0. The average molecular weight is 366 g/mol. The second kappa shape index (κ2) is 7.15. The molecular weight excluding hydrogens is 348 g/mol. The molecule has 102 valence electrons. The quantitative estimate of drug-likeness (QED) is 0.495. The summed E-state index contributed by atoms with van der Waals surface area (Å²) in [7, 11) is -1.88. The maximum Gasteiger partial charge on any atom is 0.145 e. The summed E-state index contributed by atoms with van der Waals surface area (Å²) >= 11 is 0. The normalized spacial score (nSPS) is 10.7. The van der Waals surface area contributed by atoms with Crippen LogP contribution >= 0.6 is 0 Å². The van der Waals surface area contributed by atoms with Gasteiger partial charge in [-0.2, -0.15) is 0 Å². The van der Waals surface area contributed by atoms with Crippen LogP contribution in [-0.4, -0.2) is 8.07 Å². The third-order valence-electron chi connectivity index (χ3n) is 4.05. The number of benzene rings is 3.